The highest BCUT2D eigenvalue weighted by atomic mass is 32.2. The van der Waals surface area contributed by atoms with Crippen molar-refractivity contribution in [1.82, 2.24) is 14.3 Å². The topological polar surface area (TPSA) is 103 Å². The van der Waals surface area contributed by atoms with Crippen LogP contribution >= 0.6 is 0 Å². The van der Waals surface area contributed by atoms with Crippen molar-refractivity contribution in [2.45, 2.75) is 49.1 Å². The standard InChI is InChI=1S/C21H23N3O2S.C2HF3O2/c25-27(26,24-12-1-2-13-24)17-8-6-15(7-9-17)18-10-11-22-21-19(18)14-20(23-21)16-4-3-5-16;3-2(4,5)1(6)7/h6-11,14,16H,1-5,12-13H2,(H,22,23);(H,6,7). The normalized spacial score (nSPS) is 17.3. The van der Waals surface area contributed by atoms with Gasteiger partial charge in [-0.05, 0) is 67.0 Å². The minimum Gasteiger partial charge on any atom is -0.475 e. The summed E-state index contributed by atoms with van der Waals surface area (Å²) >= 11 is 0. The zero-order valence-electron chi connectivity index (χ0n) is 18.2. The smallest absolute Gasteiger partial charge is 0.475 e. The van der Waals surface area contributed by atoms with Crippen molar-refractivity contribution in [2.75, 3.05) is 13.1 Å². The fraction of sp³-hybridized carbons (Fsp3) is 0.391. The summed E-state index contributed by atoms with van der Waals surface area (Å²) in [5, 5.41) is 8.23. The van der Waals surface area contributed by atoms with Gasteiger partial charge in [0, 0.05) is 30.4 Å². The Balaban J connectivity index is 0.000000344. The average Bonchev–Trinajstić information content (AvgIpc) is 3.42. The largest absolute Gasteiger partial charge is 0.490 e. The Morgan fingerprint density at radius 1 is 1.06 bits per heavy atom. The molecule has 5 rings (SSSR count). The van der Waals surface area contributed by atoms with Gasteiger partial charge < -0.3 is 10.1 Å². The number of fused-ring (bicyclic) bond motifs is 1. The predicted octanol–water partition coefficient (Wildman–Crippen LogP) is 4.92. The molecule has 0 unspecified atom stereocenters. The van der Waals surface area contributed by atoms with E-state index in [1.807, 2.05) is 24.4 Å². The monoisotopic (exact) mass is 495 g/mol. The molecule has 2 fully saturated rings. The van der Waals surface area contributed by atoms with E-state index >= 15 is 0 Å². The maximum Gasteiger partial charge on any atom is 0.490 e. The maximum atomic E-state index is 12.7. The third-order valence-electron chi connectivity index (χ3n) is 6.21. The number of aliphatic carboxylic acids is 1. The number of hydrogen-bond donors (Lipinski definition) is 2. The second-order valence-electron chi connectivity index (χ2n) is 8.41. The molecule has 11 heteroatoms. The number of sulfonamides is 1. The van der Waals surface area contributed by atoms with Crippen LogP contribution in [0.4, 0.5) is 13.2 Å². The Kier molecular flexibility index (Phi) is 6.68. The van der Waals surface area contributed by atoms with Crippen LogP contribution in [0.3, 0.4) is 0 Å². The summed E-state index contributed by atoms with van der Waals surface area (Å²) in [6, 6.07) is 11.5. The Morgan fingerprint density at radius 2 is 1.68 bits per heavy atom. The Labute approximate surface area is 194 Å². The summed E-state index contributed by atoms with van der Waals surface area (Å²) in [5.41, 5.74) is 4.28. The Bertz CT molecular complexity index is 1280. The van der Waals surface area contributed by atoms with Gasteiger partial charge in [0.05, 0.1) is 4.90 Å². The summed E-state index contributed by atoms with van der Waals surface area (Å²) in [6.45, 7) is 1.25. The fourth-order valence-electron chi connectivity index (χ4n) is 4.12. The van der Waals surface area contributed by atoms with Gasteiger partial charge in [0.2, 0.25) is 10.0 Å². The van der Waals surface area contributed by atoms with Gasteiger partial charge in [-0.25, -0.2) is 18.2 Å². The number of aromatic amines is 1. The van der Waals surface area contributed by atoms with Gasteiger partial charge in [-0.3, -0.25) is 0 Å². The van der Waals surface area contributed by atoms with E-state index in [1.54, 1.807) is 16.4 Å². The zero-order chi connectivity index (χ0) is 24.5. The molecule has 0 atom stereocenters. The lowest BCUT2D eigenvalue weighted by molar-refractivity contribution is -0.192. The van der Waals surface area contributed by atoms with Crippen LogP contribution in [0.1, 0.15) is 43.7 Å². The van der Waals surface area contributed by atoms with Crippen LogP contribution in [0.25, 0.3) is 22.2 Å². The molecular formula is C23H24F3N3O4S. The molecule has 182 valence electrons. The first kappa shape index (κ1) is 24.2. The number of nitrogens with zero attached hydrogens (tertiary/aromatic N) is 2. The summed E-state index contributed by atoms with van der Waals surface area (Å²) in [5.74, 6) is -2.13. The molecule has 7 nitrogen and oxygen atoms in total. The van der Waals surface area contributed by atoms with Crippen LogP contribution in [-0.4, -0.2) is 53.0 Å². The van der Waals surface area contributed by atoms with Crippen molar-refractivity contribution in [3.63, 3.8) is 0 Å². The van der Waals surface area contributed by atoms with Gasteiger partial charge in [-0.1, -0.05) is 18.6 Å². The van der Waals surface area contributed by atoms with Crippen molar-refractivity contribution < 1.29 is 31.5 Å². The first-order valence-electron chi connectivity index (χ1n) is 11.0. The molecule has 1 saturated heterocycles. The molecule has 1 aliphatic carbocycles. The van der Waals surface area contributed by atoms with E-state index < -0.39 is 22.2 Å². The number of hydrogen-bond acceptors (Lipinski definition) is 4. The molecule has 0 bridgehead atoms. The van der Waals surface area contributed by atoms with E-state index in [0.717, 1.165) is 35.0 Å². The first-order chi connectivity index (χ1) is 16.1. The minimum absolute atomic E-state index is 0.377. The molecule has 2 N–H and O–H groups in total. The number of benzene rings is 1. The van der Waals surface area contributed by atoms with E-state index in [1.165, 1.54) is 25.0 Å². The van der Waals surface area contributed by atoms with E-state index in [9.17, 15) is 21.6 Å². The molecule has 3 heterocycles. The van der Waals surface area contributed by atoms with Gasteiger partial charge >= 0.3 is 12.1 Å². The molecule has 2 aromatic heterocycles. The SMILES string of the molecule is O=C(O)C(F)(F)F.O=S(=O)(c1ccc(-c2ccnc3[nH]c(C4CCC4)cc23)cc1)N1CCCC1. The number of carboxylic acids is 1. The zero-order valence-corrected chi connectivity index (χ0v) is 19.0. The van der Waals surface area contributed by atoms with E-state index in [-0.39, 0.29) is 0 Å². The highest BCUT2D eigenvalue weighted by Crippen LogP contribution is 2.38. The second-order valence-corrected chi connectivity index (χ2v) is 10.3. The van der Waals surface area contributed by atoms with E-state index in [0.29, 0.717) is 23.9 Å². The highest BCUT2D eigenvalue weighted by molar-refractivity contribution is 7.89. The lowest BCUT2D eigenvalue weighted by atomic mass is 9.83. The highest BCUT2D eigenvalue weighted by Gasteiger charge is 2.38. The molecule has 1 aromatic carbocycles. The summed E-state index contributed by atoms with van der Waals surface area (Å²) in [4.78, 5) is 17.2. The van der Waals surface area contributed by atoms with Crippen LogP contribution in [0.15, 0.2) is 47.5 Å². The average molecular weight is 496 g/mol. The van der Waals surface area contributed by atoms with Gasteiger partial charge in [0.1, 0.15) is 5.65 Å². The molecule has 2 aliphatic rings. The first-order valence-corrected chi connectivity index (χ1v) is 12.4. The Hall–Kier alpha value is -2.92. The minimum atomic E-state index is -5.08. The third kappa shape index (κ3) is 4.95. The van der Waals surface area contributed by atoms with Crippen molar-refractivity contribution in [3.05, 3.63) is 48.3 Å². The third-order valence-corrected chi connectivity index (χ3v) is 8.12. The number of aromatic nitrogens is 2. The number of halogens is 3. The molecular weight excluding hydrogens is 471 g/mol. The van der Waals surface area contributed by atoms with Crippen LogP contribution < -0.4 is 0 Å². The van der Waals surface area contributed by atoms with Gasteiger partial charge in [-0.15, -0.1) is 0 Å². The van der Waals surface area contributed by atoms with Crippen molar-refractivity contribution in [2.24, 2.45) is 0 Å². The number of H-pyrrole nitrogens is 1. The predicted molar refractivity (Wildman–Crippen MR) is 120 cm³/mol. The molecule has 34 heavy (non-hydrogen) atoms. The summed E-state index contributed by atoms with van der Waals surface area (Å²) in [6.07, 6.45) is 2.41. The second kappa shape index (κ2) is 9.38. The van der Waals surface area contributed by atoms with E-state index in [4.69, 9.17) is 9.90 Å². The maximum absolute atomic E-state index is 12.7. The summed E-state index contributed by atoms with van der Waals surface area (Å²) < 4.78 is 58.8. The van der Waals surface area contributed by atoms with Crippen molar-refractivity contribution in [3.8, 4) is 11.1 Å². The van der Waals surface area contributed by atoms with Gasteiger partial charge in [0.15, 0.2) is 0 Å². The fourth-order valence-corrected chi connectivity index (χ4v) is 5.64. The molecule has 0 spiro atoms. The van der Waals surface area contributed by atoms with Gasteiger partial charge in [0.25, 0.3) is 0 Å². The number of pyridine rings is 1. The summed E-state index contributed by atoms with van der Waals surface area (Å²) in [7, 11) is -3.37. The lowest BCUT2D eigenvalue weighted by Gasteiger charge is -2.23. The lowest BCUT2D eigenvalue weighted by Crippen LogP contribution is -2.27. The Morgan fingerprint density at radius 3 is 2.21 bits per heavy atom. The van der Waals surface area contributed by atoms with Gasteiger partial charge in [-0.2, -0.15) is 17.5 Å². The molecule has 0 amide bonds. The van der Waals surface area contributed by atoms with Crippen LogP contribution in [0.2, 0.25) is 0 Å². The van der Waals surface area contributed by atoms with E-state index in [2.05, 4.69) is 16.0 Å². The van der Waals surface area contributed by atoms with Crippen LogP contribution in [0.5, 0.6) is 0 Å². The number of carboxylic acid groups (broad SMARTS) is 1. The number of nitrogens with one attached hydrogen (secondary N) is 1. The molecule has 1 aliphatic heterocycles. The quantitative estimate of drug-likeness (QED) is 0.535. The molecule has 1 saturated carbocycles. The number of carbonyl (C=O) groups is 1. The van der Waals surface area contributed by atoms with Crippen LogP contribution in [0, 0.1) is 0 Å². The van der Waals surface area contributed by atoms with Crippen LogP contribution in [-0.2, 0) is 14.8 Å². The van der Waals surface area contributed by atoms with Crippen molar-refractivity contribution in [1.29, 1.82) is 0 Å². The number of rotatable bonds is 4. The number of alkyl halides is 3. The molecule has 3 aromatic rings. The molecule has 0 radical (unpaired) electrons. The van der Waals surface area contributed by atoms with Crippen molar-refractivity contribution >= 4 is 27.0 Å².